The average Bonchev–Trinajstić information content (AvgIpc) is 2.74. The maximum absolute atomic E-state index is 5.87. The van der Waals surface area contributed by atoms with Crippen molar-refractivity contribution in [3.8, 4) is 16.9 Å². The van der Waals surface area contributed by atoms with Gasteiger partial charge >= 0.3 is 0 Å². The zero-order chi connectivity index (χ0) is 17.6. The normalized spacial score (nSPS) is 14.2. The van der Waals surface area contributed by atoms with E-state index in [0.717, 1.165) is 31.9 Å². The van der Waals surface area contributed by atoms with E-state index >= 15 is 0 Å². The molecular formula is C23H24N2O. The molecule has 1 saturated heterocycles. The van der Waals surface area contributed by atoms with Crippen molar-refractivity contribution >= 4 is 5.69 Å². The Labute approximate surface area is 155 Å². The third-order valence-corrected chi connectivity index (χ3v) is 4.79. The van der Waals surface area contributed by atoms with Crippen LogP contribution in [0.1, 0.15) is 5.56 Å². The Kier molecular flexibility index (Phi) is 5.17. The van der Waals surface area contributed by atoms with Gasteiger partial charge in [-0.2, -0.15) is 0 Å². The van der Waals surface area contributed by atoms with Crippen molar-refractivity contribution in [3.63, 3.8) is 0 Å². The van der Waals surface area contributed by atoms with E-state index in [1.165, 1.54) is 22.4 Å². The highest BCUT2D eigenvalue weighted by Crippen LogP contribution is 2.25. The SMILES string of the molecule is c1ccc(COc2ccc(-c3ccc(N4CCNCC4)cc3)cc2)cc1. The summed E-state index contributed by atoms with van der Waals surface area (Å²) in [7, 11) is 0. The highest BCUT2D eigenvalue weighted by Gasteiger charge is 2.10. The molecule has 1 aliphatic rings. The lowest BCUT2D eigenvalue weighted by atomic mass is 10.0. The van der Waals surface area contributed by atoms with E-state index in [2.05, 4.69) is 58.7 Å². The Hall–Kier alpha value is -2.78. The quantitative estimate of drug-likeness (QED) is 0.745. The first-order valence-corrected chi connectivity index (χ1v) is 9.21. The Morgan fingerprint density at radius 2 is 1.35 bits per heavy atom. The summed E-state index contributed by atoms with van der Waals surface area (Å²) in [6.45, 7) is 4.87. The molecule has 0 radical (unpaired) electrons. The number of hydrogen-bond acceptors (Lipinski definition) is 3. The van der Waals surface area contributed by atoms with Crippen molar-refractivity contribution in [2.75, 3.05) is 31.1 Å². The second kappa shape index (κ2) is 8.07. The lowest BCUT2D eigenvalue weighted by Crippen LogP contribution is -2.43. The van der Waals surface area contributed by atoms with Crippen molar-refractivity contribution in [2.45, 2.75) is 6.61 Å². The van der Waals surface area contributed by atoms with Gasteiger partial charge in [0.25, 0.3) is 0 Å². The van der Waals surface area contributed by atoms with Crippen molar-refractivity contribution in [3.05, 3.63) is 84.4 Å². The number of anilines is 1. The van der Waals surface area contributed by atoms with Crippen LogP contribution in [-0.4, -0.2) is 26.2 Å². The summed E-state index contributed by atoms with van der Waals surface area (Å²) in [5.41, 5.74) is 4.93. The van der Waals surface area contributed by atoms with Crippen molar-refractivity contribution in [1.29, 1.82) is 0 Å². The van der Waals surface area contributed by atoms with Gasteiger partial charge in [0.15, 0.2) is 0 Å². The number of nitrogens with zero attached hydrogens (tertiary/aromatic N) is 1. The van der Waals surface area contributed by atoms with Crippen LogP contribution in [0.3, 0.4) is 0 Å². The van der Waals surface area contributed by atoms with Gasteiger partial charge in [0.2, 0.25) is 0 Å². The molecule has 0 unspecified atom stereocenters. The molecule has 0 spiro atoms. The van der Waals surface area contributed by atoms with E-state index in [1.807, 2.05) is 30.3 Å². The predicted octanol–water partition coefficient (Wildman–Crippen LogP) is 4.34. The second-order valence-corrected chi connectivity index (χ2v) is 6.58. The molecule has 0 aliphatic carbocycles. The predicted molar refractivity (Wildman–Crippen MR) is 108 cm³/mol. The topological polar surface area (TPSA) is 24.5 Å². The van der Waals surface area contributed by atoms with Gasteiger partial charge in [-0.3, -0.25) is 0 Å². The Balaban J connectivity index is 1.40. The van der Waals surface area contributed by atoms with Crippen LogP contribution >= 0.6 is 0 Å². The number of nitrogens with one attached hydrogen (secondary N) is 1. The minimum absolute atomic E-state index is 0.597. The molecule has 26 heavy (non-hydrogen) atoms. The van der Waals surface area contributed by atoms with Crippen molar-refractivity contribution in [1.82, 2.24) is 5.32 Å². The largest absolute Gasteiger partial charge is 0.489 e. The van der Waals surface area contributed by atoms with Gasteiger partial charge in [0.1, 0.15) is 12.4 Å². The van der Waals surface area contributed by atoms with Gasteiger partial charge < -0.3 is 15.0 Å². The number of piperazine rings is 1. The molecule has 3 nitrogen and oxygen atoms in total. The second-order valence-electron chi connectivity index (χ2n) is 6.58. The maximum Gasteiger partial charge on any atom is 0.119 e. The Morgan fingerprint density at radius 3 is 2.00 bits per heavy atom. The maximum atomic E-state index is 5.87. The monoisotopic (exact) mass is 344 g/mol. The van der Waals surface area contributed by atoms with Gasteiger partial charge in [-0.15, -0.1) is 0 Å². The third kappa shape index (κ3) is 4.06. The van der Waals surface area contributed by atoms with E-state index in [9.17, 15) is 0 Å². The first-order valence-electron chi connectivity index (χ1n) is 9.21. The highest BCUT2D eigenvalue weighted by atomic mass is 16.5. The minimum atomic E-state index is 0.597. The van der Waals surface area contributed by atoms with Crippen LogP contribution in [0.15, 0.2) is 78.9 Å². The van der Waals surface area contributed by atoms with Gasteiger partial charge in [0, 0.05) is 31.9 Å². The van der Waals surface area contributed by atoms with E-state index in [1.54, 1.807) is 0 Å². The van der Waals surface area contributed by atoms with Gasteiger partial charge in [-0.25, -0.2) is 0 Å². The fourth-order valence-corrected chi connectivity index (χ4v) is 3.27. The first kappa shape index (κ1) is 16.7. The van der Waals surface area contributed by atoms with E-state index in [4.69, 9.17) is 4.74 Å². The van der Waals surface area contributed by atoms with Crippen molar-refractivity contribution < 1.29 is 4.74 Å². The summed E-state index contributed by atoms with van der Waals surface area (Å²) in [5.74, 6) is 0.898. The fourth-order valence-electron chi connectivity index (χ4n) is 3.27. The van der Waals surface area contributed by atoms with Gasteiger partial charge in [0.05, 0.1) is 0 Å². The van der Waals surface area contributed by atoms with Crippen molar-refractivity contribution in [2.24, 2.45) is 0 Å². The molecule has 0 aromatic heterocycles. The van der Waals surface area contributed by atoms with Gasteiger partial charge in [-0.1, -0.05) is 54.6 Å². The van der Waals surface area contributed by atoms with Crippen LogP contribution in [0.25, 0.3) is 11.1 Å². The van der Waals surface area contributed by atoms with Crippen LogP contribution in [0.4, 0.5) is 5.69 Å². The van der Waals surface area contributed by atoms with Crippen LogP contribution < -0.4 is 15.0 Å². The van der Waals surface area contributed by atoms with Crippen LogP contribution in [0, 0.1) is 0 Å². The molecule has 0 bridgehead atoms. The fraction of sp³-hybridized carbons (Fsp3) is 0.217. The lowest BCUT2D eigenvalue weighted by Gasteiger charge is -2.29. The molecule has 3 aromatic carbocycles. The molecule has 3 aromatic rings. The number of benzene rings is 3. The molecule has 1 aliphatic heterocycles. The summed E-state index contributed by atoms with van der Waals surface area (Å²) in [6.07, 6.45) is 0. The smallest absolute Gasteiger partial charge is 0.119 e. The highest BCUT2D eigenvalue weighted by molar-refractivity contribution is 5.67. The molecule has 0 atom stereocenters. The minimum Gasteiger partial charge on any atom is -0.489 e. The van der Waals surface area contributed by atoms with Crippen LogP contribution in [0.5, 0.6) is 5.75 Å². The molecule has 132 valence electrons. The Morgan fingerprint density at radius 1 is 0.731 bits per heavy atom. The summed E-state index contributed by atoms with van der Waals surface area (Å²) in [4.78, 5) is 2.43. The number of ether oxygens (including phenoxy) is 1. The summed E-state index contributed by atoms with van der Waals surface area (Å²) in [5, 5.41) is 3.39. The summed E-state index contributed by atoms with van der Waals surface area (Å²) in [6, 6.07) is 27.4. The van der Waals surface area contributed by atoms with E-state index < -0.39 is 0 Å². The van der Waals surface area contributed by atoms with Crippen LogP contribution in [-0.2, 0) is 6.61 Å². The zero-order valence-corrected chi connectivity index (χ0v) is 14.9. The number of hydrogen-bond donors (Lipinski definition) is 1. The Bertz CT molecular complexity index is 807. The molecule has 1 heterocycles. The van der Waals surface area contributed by atoms with E-state index in [-0.39, 0.29) is 0 Å². The van der Waals surface area contributed by atoms with Crippen LogP contribution in [0.2, 0.25) is 0 Å². The average molecular weight is 344 g/mol. The summed E-state index contributed by atoms with van der Waals surface area (Å²) >= 11 is 0. The third-order valence-electron chi connectivity index (χ3n) is 4.79. The lowest BCUT2D eigenvalue weighted by molar-refractivity contribution is 0.306. The molecule has 0 saturated carbocycles. The summed E-state index contributed by atoms with van der Waals surface area (Å²) < 4.78 is 5.87. The molecule has 4 rings (SSSR count). The first-order chi connectivity index (χ1) is 12.9. The molecular weight excluding hydrogens is 320 g/mol. The molecule has 0 amide bonds. The zero-order valence-electron chi connectivity index (χ0n) is 14.9. The van der Waals surface area contributed by atoms with E-state index in [0.29, 0.717) is 6.61 Å². The van der Waals surface area contributed by atoms with Gasteiger partial charge in [-0.05, 0) is 41.0 Å². The standard InChI is InChI=1S/C23H24N2O/c1-2-4-19(5-3-1)18-26-23-12-8-21(9-13-23)20-6-10-22(11-7-20)25-16-14-24-15-17-25/h1-13,24H,14-18H2. The molecule has 1 fully saturated rings. The number of rotatable bonds is 5. The molecule has 3 heteroatoms. The molecule has 1 N–H and O–H groups in total.